The van der Waals surface area contributed by atoms with Crippen LogP contribution in [-0.4, -0.2) is 46.3 Å². The number of ether oxygens (including phenoxy) is 1. The molecule has 2 aromatic carbocycles. The molecule has 0 amide bonds. The van der Waals surface area contributed by atoms with Crippen molar-refractivity contribution in [3.8, 4) is 11.1 Å². The summed E-state index contributed by atoms with van der Waals surface area (Å²) in [5.41, 5.74) is 1.85. The normalized spacial score (nSPS) is 21.3. The van der Waals surface area contributed by atoms with E-state index in [1.165, 1.54) is 6.33 Å². The molecule has 3 aromatic rings. The molecule has 198 valence electrons. The lowest BCUT2D eigenvalue weighted by Crippen LogP contribution is -2.61. The first-order valence-corrected chi connectivity index (χ1v) is 13.2. The zero-order valence-corrected chi connectivity index (χ0v) is 22.7. The second-order valence-corrected chi connectivity index (χ2v) is 10.9. The Hall–Kier alpha value is -4.33. The van der Waals surface area contributed by atoms with E-state index in [1.807, 2.05) is 66.1 Å². The Morgan fingerprint density at radius 2 is 1.85 bits per heavy atom. The van der Waals surface area contributed by atoms with E-state index in [2.05, 4.69) is 9.97 Å². The molecule has 6 rings (SSSR count). The Balaban J connectivity index is 1.56. The molecule has 2 heterocycles. The first-order valence-electron chi connectivity index (χ1n) is 13.2. The molecule has 0 spiro atoms. The summed E-state index contributed by atoms with van der Waals surface area (Å²) >= 11 is 0. The second kappa shape index (κ2) is 8.59. The van der Waals surface area contributed by atoms with Gasteiger partial charge >= 0.3 is 5.97 Å². The highest BCUT2D eigenvalue weighted by molar-refractivity contribution is 6.22. The van der Waals surface area contributed by atoms with Crippen molar-refractivity contribution in [2.45, 2.75) is 45.7 Å². The second-order valence-electron chi connectivity index (χ2n) is 10.9. The summed E-state index contributed by atoms with van der Waals surface area (Å²) in [6.45, 7) is 9.67. The van der Waals surface area contributed by atoms with Crippen LogP contribution in [0.1, 0.15) is 50.5 Å². The maximum atomic E-state index is 14.1. The first-order chi connectivity index (χ1) is 18.6. The van der Waals surface area contributed by atoms with Crippen molar-refractivity contribution in [2.75, 3.05) is 23.1 Å². The van der Waals surface area contributed by atoms with E-state index in [0.29, 0.717) is 17.1 Å². The van der Waals surface area contributed by atoms with Crippen LogP contribution >= 0.6 is 0 Å². The van der Waals surface area contributed by atoms with E-state index in [0.717, 1.165) is 27.1 Å². The molecule has 0 radical (unpaired) electrons. The Kier molecular flexibility index (Phi) is 5.50. The highest BCUT2D eigenvalue weighted by atomic mass is 16.5. The van der Waals surface area contributed by atoms with Crippen LogP contribution in [0.5, 0.6) is 0 Å². The van der Waals surface area contributed by atoms with Crippen molar-refractivity contribution < 1.29 is 19.1 Å². The number of fused-ring (bicyclic) bond motifs is 6. The minimum atomic E-state index is -1.12. The number of hydrogen-bond acceptors (Lipinski definition) is 8. The predicted octanol–water partition coefficient (Wildman–Crippen LogP) is 2.96. The summed E-state index contributed by atoms with van der Waals surface area (Å²) < 4.78 is 5.39. The van der Waals surface area contributed by atoms with E-state index in [4.69, 9.17) is 4.74 Å². The smallest absolute Gasteiger partial charge is 0.331 e. The summed E-state index contributed by atoms with van der Waals surface area (Å²) in [6, 6.07) is 11.6. The van der Waals surface area contributed by atoms with E-state index in [-0.39, 0.29) is 30.8 Å². The minimum Gasteiger partial charge on any atom is -0.464 e. The van der Waals surface area contributed by atoms with Crippen LogP contribution in [0, 0.1) is 5.92 Å². The molecule has 0 saturated carbocycles. The molecular formula is C31H30N4O4. The fraction of sp³-hybridized carbons (Fsp3) is 0.323. The van der Waals surface area contributed by atoms with Crippen LogP contribution in [0.2, 0.25) is 0 Å². The molecule has 8 nitrogen and oxygen atoms in total. The fourth-order valence-electron chi connectivity index (χ4n) is 6.20. The van der Waals surface area contributed by atoms with Crippen LogP contribution in [0.25, 0.3) is 23.3 Å². The predicted molar refractivity (Wildman–Crippen MR) is 148 cm³/mol. The lowest BCUT2D eigenvalue weighted by atomic mass is 9.73. The number of aromatic nitrogens is 2. The number of benzene rings is 2. The van der Waals surface area contributed by atoms with Gasteiger partial charge in [0.25, 0.3) is 0 Å². The quantitative estimate of drug-likeness (QED) is 0.483. The van der Waals surface area contributed by atoms with Crippen LogP contribution in [0.4, 0.5) is 11.5 Å². The molecule has 2 aliphatic carbocycles. The van der Waals surface area contributed by atoms with Crippen LogP contribution in [-0.2, 0) is 19.9 Å². The standard InChI is InChI=1S/C31H30N4O4/c1-6-39-29(38)30(3,4)34-17-35(28-25(34)15-32-16-33-28)31(5)24-12-11-20-19-9-7-8-10-21(19)26(36)14-22(20)23(24)13-18(2)27(31)37/h7-16,18H,6,17H2,1-5H3. The average Bonchev–Trinajstić information content (AvgIpc) is 3.33. The Bertz CT molecular complexity index is 1690. The Morgan fingerprint density at radius 1 is 1.10 bits per heavy atom. The monoisotopic (exact) mass is 522 g/mol. The maximum Gasteiger partial charge on any atom is 0.331 e. The van der Waals surface area contributed by atoms with Gasteiger partial charge in [-0.05, 0) is 60.9 Å². The van der Waals surface area contributed by atoms with E-state index in [1.54, 1.807) is 33.0 Å². The van der Waals surface area contributed by atoms with Crippen LogP contribution in [0.15, 0.2) is 48.9 Å². The van der Waals surface area contributed by atoms with Gasteiger partial charge < -0.3 is 14.5 Å². The molecule has 2 atom stereocenters. The van der Waals surface area contributed by atoms with Crippen molar-refractivity contribution in [3.63, 3.8) is 0 Å². The van der Waals surface area contributed by atoms with Gasteiger partial charge in [-0.15, -0.1) is 0 Å². The zero-order valence-electron chi connectivity index (χ0n) is 22.7. The number of nitrogens with zero attached hydrogens (tertiary/aromatic N) is 4. The van der Waals surface area contributed by atoms with Crippen molar-refractivity contribution in [3.05, 3.63) is 70.5 Å². The fourth-order valence-corrected chi connectivity index (χ4v) is 6.20. The summed E-state index contributed by atoms with van der Waals surface area (Å²) in [5, 5.41) is 1.70. The lowest BCUT2D eigenvalue weighted by Gasteiger charge is -2.43. The zero-order chi connectivity index (χ0) is 27.7. The largest absolute Gasteiger partial charge is 0.464 e. The molecule has 39 heavy (non-hydrogen) atoms. The molecule has 0 fully saturated rings. The van der Waals surface area contributed by atoms with E-state index in [9.17, 15) is 14.4 Å². The van der Waals surface area contributed by atoms with Crippen molar-refractivity contribution in [1.82, 2.24) is 9.97 Å². The van der Waals surface area contributed by atoms with Gasteiger partial charge in [-0.1, -0.05) is 49.4 Å². The molecule has 8 heteroatoms. The van der Waals surface area contributed by atoms with Gasteiger partial charge in [0.05, 0.1) is 19.5 Å². The number of carbonyl (C=O) groups is 3. The van der Waals surface area contributed by atoms with E-state index < -0.39 is 17.0 Å². The van der Waals surface area contributed by atoms with Crippen LogP contribution < -0.4 is 20.2 Å². The molecule has 0 bridgehead atoms. The number of rotatable bonds is 4. The minimum absolute atomic E-state index is 0.0119. The maximum absolute atomic E-state index is 14.1. The van der Waals surface area contributed by atoms with Gasteiger partial charge in [0.1, 0.15) is 23.1 Å². The van der Waals surface area contributed by atoms with Gasteiger partial charge in [-0.25, -0.2) is 14.8 Å². The molecule has 2 unspecified atom stereocenters. The number of carbonyl (C=O) groups excluding carboxylic acids is 3. The van der Waals surface area contributed by atoms with E-state index >= 15 is 0 Å². The molecule has 3 aliphatic rings. The van der Waals surface area contributed by atoms with Gasteiger partial charge in [0.15, 0.2) is 17.4 Å². The van der Waals surface area contributed by atoms with Crippen molar-refractivity contribution in [1.29, 1.82) is 0 Å². The SMILES string of the molecule is CCOC(=O)C(C)(C)N1CN(C2(C)C(=O)C(C)C=c3c2ccc2c3=CC(=O)c3ccccc3-2)c2ncncc21. The third-order valence-electron chi connectivity index (χ3n) is 8.37. The molecule has 0 saturated heterocycles. The number of esters is 1. The Morgan fingerprint density at radius 3 is 2.59 bits per heavy atom. The number of hydrogen-bond donors (Lipinski definition) is 0. The molecule has 1 aromatic heterocycles. The Labute approximate surface area is 226 Å². The van der Waals surface area contributed by atoms with Gasteiger partial charge in [0, 0.05) is 11.5 Å². The topological polar surface area (TPSA) is 92.7 Å². The number of anilines is 2. The van der Waals surface area contributed by atoms with Gasteiger partial charge in [-0.2, -0.15) is 0 Å². The molecular weight excluding hydrogens is 492 g/mol. The number of ketones is 2. The summed E-state index contributed by atoms with van der Waals surface area (Å²) in [5.74, 6) is -0.246. The van der Waals surface area contributed by atoms with Gasteiger partial charge in [0.2, 0.25) is 0 Å². The third kappa shape index (κ3) is 3.40. The van der Waals surface area contributed by atoms with Crippen molar-refractivity contribution >= 4 is 41.2 Å². The average molecular weight is 523 g/mol. The highest BCUT2D eigenvalue weighted by Gasteiger charge is 2.52. The molecule has 0 N–H and O–H groups in total. The lowest BCUT2D eigenvalue weighted by molar-refractivity contribution is -0.148. The highest BCUT2D eigenvalue weighted by Crippen LogP contribution is 2.46. The summed E-state index contributed by atoms with van der Waals surface area (Å²) in [4.78, 5) is 52.9. The van der Waals surface area contributed by atoms with Crippen molar-refractivity contribution in [2.24, 2.45) is 5.92 Å². The summed E-state index contributed by atoms with van der Waals surface area (Å²) in [7, 11) is 0. The molecule has 1 aliphatic heterocycles. The third-order valence-corrected chi connectivity index (χ3v) is 8.37. The summed E-state index contributed by atoms with van der Waals surface area (Å²) in [6.07, 6.45) is 6.78. The van der Waals surface area contributed by atoms with Gasteiger partial charge in [-0.3, -0.25) is 9.59 Å². The number of Topliss-reactive ketones (excluding diaryl/α,β-unsaturated/α-hetero) is 2. The van der Waals surface area contributed by atoms with Crippen LogP contribution in [0.3, 0.4) is 0 Å². The first kappa shape index (κ1) is 25.0.